The van der Waals surface area contributed by atoms with Gasteiger partial charge in [0.1, 0.15) is 0 Å². The highest BCUT2D eigenvalue weighted by Crippen LogP contribution is 2.32. The molecule has 106 valence electrons. The van der Waals surface area contributed by atoms with Crippen LogP contribution < -0.4 is 10.6 Å². The van der Waals surface area contributed by atoms with Gasteiger partial charge in [-0.2, -0.15) is 0 Å². The summed E-state index contributed by atoms with van der Waals surface area (Å²) < 4.78 is 0. The van der Waals surface area contributed by atoms with Crippen molar-refractivity contribution >= 4 is 11.3 Å². The second kappa shape index (κ2) is 6.38. The summed E-state index contributed by atoms with van der Waals surface area (Å²) >= 11 is 1.91. The van der Waals surface area contributed by atoms with Crippen molar-refractivity contribution in [2.75, 3.05) is 6.54 Å². The molecule has 2 heterocycles. The van der Waals surface area contributed by atoms with E-state index in [0.717, 1.165) is 25.0 Å². The Morgan fingerprint density at radius 2 is 2.11 bits per heavy atom. The van der Waals surface area contributed by atoms with E-state index >= 15 is 0 Å². The van der Waals surface area contributed by atoms with Crippen LogP contribution in [0.5, 0.6) is 0 Å². The first-order valence-electron chi connectivity index (χ1n) is 7.83. The van der Waals surface area contributed by atoms with Gasteiger partial charge < -0.3 is 10.6 Å². The molecule has 1 aliphatic heterocycles. The molecule has 1 aromatic heterocycles. The van der Waals surface area contributed by atoms with Crippen molar-refractivity contribution in [3.8, 4) is 0 Å². The Hall–Kier alpha value is -0.380. The molecule has 3 atom stereocenters. The minimum atomic E-state index is 0.695. The van der Waals surface area contributed by atoms with Gasteiger partial charge in [0.05, 0.1) is 0 Å². The van der Waals surface area contributed by atoms with Gasteiger partial charge in [-0.15, -0.1) is 11.3 Å². The Morgan fingerprint density at radius 1 is 1.21 bits per heavy atom. The molecule has 3 unspecified atom stereocenters. The van der Waals surface area contributed by atoms with Crippen LogP contribution in [-0.2, 0) is 6.54 Å². The molecule has 3 heteroatoms. The van der Waals surface area contributed by atoms with Crippen LogP contribution in [0.1, 0.15) is 48.3 Å². The smallest absolute Gasteiger partial charge is 0.0300 e. The van der Waals surface area contributed by atoms with Crippen molar-refractivity contribution in [2.45, 2.75) is 64.1 Å². The fourth-order valence-electron chi connectivity index (χ4n) is 3.68. The average molecular weight is 278 g/mol. The number of fused-ring (bicyclic) bond motifs is 1. The molecular formula is C16H26N2S. The quantitative estimate of drug-likeness (QED) is 0.881. The van der Waals surface area contributed by atoms with Crippen molar-refractivity contribution in [3.05, 3.63) is 21.9 Å². The second-order valence-electron chi connectivity index (χ2n) is 6.24. The minimum absolute atomic E-state index is 0.695. The van der Waals surface area contributed by atoms with Crippen molar-refractivity contribution < 1.29 is 0 Å². The molecule has 2 fully saturated rings. The Balaban J connectivity index is 1.41. The number of aryl methyl sites for hydroxylation is 1. The lowest BCUT2D eigenvalue weighted by Crippen LogP contribution is -2.52. The van der Waals surface area contributed by atoms with Crippen LogP contribution in [0.15, 0.2) is 12.1 Å². The Bertz CT molecular complexity index is 401. The van der Waals surface area contributed by atoms with E-state index in [1.165, 1.54) is 48.3 Å². The molecule has 3 rings (SSSR count). The van der Waals surface area contributed by atoms with Crippen LogP contribution in [0, 0.1) is 12.8 Å². The topological polar surface area (TPSA) is 24.1 Å². The normalized spacial score (nSPS) is 31.1. The Kier molecular flexibility index (Phi) is 4.57. The van der Waals surface area contributed by atoms with E-state index < -0.39 is 0 Å². The minimum Gasteiger partial charge on any atom is -0.310 e. The van der Waals surface area contributed by atoms with Gasteiger partial charge >= 0.3 is 0 Å². The molecule has 2 aliphatic rings. The van der Waals surface area contributed by atoms with E-state index in [1.54, 1.807) is 0 Å². The summed E-state index contributed by atoms with van der Waals surface area (Å²) in [6.45, 7) is 4.34. The van der Waals surface area contributed by atoms with Crippen LogP contribution in [0.3, 0.4) is 0 Å². The summed E-state index contributed by atoms with van der Waals surface area (Å²) in [6, 6.07) is 5.98. The maximum Gasteiger partial charge on any atom is 0.0300 e. The molecule has 2 nitrogen and oxygen atoms in total. The molecule has 0 amide bonds. The molecular weight excluding hydrogens is 252 g/mol. The van der Waals surface area contributed by atoms with E-state index in [2.05, 4.69) is 29.7 Å². The highest BCUT2D eigenvalue weighted by atomic mass is 32.1. The molecule has 1 aliphatic carbocycles. The SMILES string of the molecule is Cc1ccc(CNCC2CCC3CCCCC3N2)s1. The number of hydrogen-bond donors (Lipinski definition) is 2. The number of nitrogens with one attached hydrogen (secondary N) is 2. The summed E-state index contributed by atoms with van der Waals surface area (Å²) in [5.74, 6) is 0.977. The van der Waals surface area contributed by atoms with Gasteiger partial charge in [-0.25, -0.2) is 0 Å². The molecule has 2 N–H and O–H groups in total. The summed E-state index contributed by atoms with van der Waals surface area (Å²) in [7, 11) is 0. The van der Waals surface area contributed by atoms with Gasteiger partial charge in [0, 0.05) is 34.9 Å². The first-order valence-corrected chi connectivity index (χ1v) is 8.65. The van der Waals surface area contributed by atoms with E-state index in [9.17, 15) is 0 Å². The van der Waals surface area contributed by atoms with Crippen molar-refractivity contribution in [2.24, 2.45) is 5.92 Å². The molecule has 0 spiro atoms. The van der Waals surface area contributed by atoms with Crippen molar-refractivity contribution in [1.29, 1.82) is 0 Å². The molecule has 1 saturated heterocycles. The summed E-state index contributed by atoms with van der Waals surface area (Å²) in [5, 5.41) is 7.52. The van der Waals surface area contributed by atoms with Gasteiger partial charge in [0.2, 0.25) is 0 Å². The molecule has 19 heavy (non-hydrogen) atoms. The van der Waals surface area contributed by atoms with Crippen LogP contribution in [0.4, 0.5) is 0 Å². The van der Waals surface area contributed by atoms with E-state index in [-0.39, 0.29) is 0 Å². The third-order valence-corrected chi connectivity index (χ3v) is 5.73. The van der Waals surface area contributed by atoms with Gasteiger partial charge in [0.15, 0.2) is 0 Å². The largest absolute Gasteiger partial charge is 0.310 e. The van der Waals surface area contributed by atoms with Crippen LogP contribution in [0.2, 0.25) is 0 Å². The van der Waals surface area contributed by atoms with Crippen LogP contribution in [-0.4, -0.2) is 18.6 Å². The van der Waals surface area contributed by atoms with Gasteiger partial charge in [0.25, 0.3) is 0 Å². The van der Waals surface area contributed by atoms with Crippen molar-refractivity contribution in [1.82, 2.24) is 10.6 Å². The fraction of sp³-hybridized carbons (Fsp3) is 0.750. The predicted octanol–water partition coefficient (Wildman–Crippen LogP) is 3.46. The third kappa shape index (κ3) is 3.59. The first kappa shape index (κ1) is 13.6. The maximum absolute atomic E-state index is 3.89. The lowest BCUT2D eigenvalue weighted by molar-refractivity contribution is 0.174. The zero-order valence-corrected chi connectivity index (χ0v) is 12.8. The zero-order valence-electron chi connectivity index (χ0n) is 12.0. The van der Waals surface area contributed by atoms with Crippen LogP contribution >= 0.6 is 11.3 Å². The molecule has 1 saturated carbocycles. The van der Waals surface area contributed by atoms with E-state index in [1.807, 2.05) is 11.3 Å². The lowest BCUT2D eigenvalue weighted by Gasteiger charge is -2.40. The average Bonchev–Trinajstić information content (AvgIpc) is 2.84. The summed E-state index contributed by atoms with van der Waals surface area (Å²) in [5.41, 5.74) is 0. The maximum atomic E-state index is 3.89. The van der Waals surface area contributed by atoms with E-state index in [4.69, 9.17) is 0 Å². The molecule has 0 aromatic carbocycles. The van der Waals surface area contributed by atoms with Gasteiger partial charge in [-0.3, -0.25) is 0 Å². The van der Waals surface area contributed by atoms with Gasteiger partial charge in [-0.05, 0) is 50.7 Å². The lowest BCUT2D eigenvalue weighted by atomic mass is 9.78. The Labute approximate surface area is 121 Å². The monoisotopic (exact) mass is 278 g/mol. The third-order valence-electron chi connectivity index (χ3n) is 4.73. The first-order chi connectivity index (χ1) is 9.31. The highest BCUT2D eigenvalue weighted by Gasteiger charge is 2.31. The highest BCUT2D eigenvalue weighted by molar-refractivity contribution is 7.11. The number of thiophene rings is 1. The van der Waals surface area contributed by atoms with Gasteiger partial charge in [-0.1, -0.05) is 12.8 Å². The number of piperidine rings is 1. The summed E-state index contributed by atoms with van der Waals surface area (Å²) in [4.78, 5) is 2.88. The van der Waals surface area contributed by atoms with Crippen molar-refractivity contribution in [3.63, 3.8) is 0 Å². The zero-order chi connectivity index (χ0) is 13.1. The number of hydrogen-bond acceptors (Lipinski definition) is 3. The molecule has 0 bridgehead atoms. The molecule has 1 aromatic rings. The second-order valence-corrected chi connectivity index (χ2v) is 7.61. The van der Waals surface area contributed by atoms with Crippen LogP contribution in [0.25, 0.3) is 0 Å². The Morgan fingerprint density at radius 3 is 2.95 bits per heavy atom. The summed E-state index contributed by atoms with van der Waals surface area (Å²) in [6.07, 6.45) is 8.57. The fourth-order valence-corrected chi connectivity index (χ4v) is 4.54. The van der Waals surface area contributed by atoms with E-state index in [0.29, 0.717) is 6.04 Å². The predicted molar refractivity (Wildman–Crippen MR) is 82.7 cm³/mol. The molecule has 0 radical (unpaired) electrons. The standard InChI is InChI=1S/C16H26N2S/c1-12-6-9-15(19-12)11-17-10-14-8-7-13-4-2-3-5-16(13)18-14/h6,9,13-14,16-18H,2-5,7-8,10-11H2,1H3. The number of rotatable bonds is 4.